The van der Waals surface area contributed by atoms with E-state index in [0.29, 0.717) is 22.8 Å². The van der Waals surface area contributed by atoms with Gasteiger partial charge in [0.15, 0.2) is 11.0 Å². The van der Waals surface area contributed by atoms with Gasteiger partial charge in [-0.05, 0) is 24.3 Å². The zero-order chi connectivity index (χ0) is 13.8. The lowest BCUT2D eigenvalue weighted by Crippen LogP contribution is -2.15. The third kappa shape index (κ3) is 3.11. The summed E-state index contributed by atoms with van der Waals surface area (Å²) in [6.07, 6.45) is 0. The summed E-state index contributed by atoms with van der Waals surface area (Å²) in [5, 5.41) is 10.2. The number of aromatic nitrogens is 2. The SMILES string of the molecule is COc1ccc(C(=O)Nc2ccc(Cl)nn2)c(N)c1. The quantitative estimate of drug-likeness (QED) is 0.838. The number of carbonyl (C=O) groups excluding carboxylic acids is 1. The fourth-order valence-electron chi connectivity index (χ4n) is 1.44. The third-order valence-electron chi connectivity index (χ3n) is 2.38. The Hall–Kier alpha value is -2.34. The van der Waals surface area contributed by atoms with E-state index in [2.05, 4.69) is 15.5 Å². The van der Waals surface area contributed by atoms with E-state index >= 15 is 0 Å². The number of nitrogen functional groups attached to an aromatic ring is 1. The molecule has 1 aromatic heterocycles. The molecule has 6 nitrogen and oxygen atoms in total. The normalized spacial score (nSPS) is 10.0. The van der Waals surface area contributed by atoms with E-state index in [0.717, 1.165) is 0 Å². The Morgan fingerprint density at radius 3 is 2.68 bits per heavy atom. The van der Waals surface area contributed by atoms with E-state index in [4.69, 9.17) is 22.1 Å². The minimum absolute atomic E-state index is 0.252. The number of nitrogens with two attached hydrogens (primary N) is 1. The number of ether oxygens (including phenoxy) is 1. The predicted molar refractivity (Wildman–Crippen MR) is 72.4 cm³/mol. The van der Waals surface area contributed by atoms with Crippen LogP contribution in [0.3, 0.4) is 0 Å². The summed E-state index contributed by atoms with van der Waals surface area (Å²) in [6, 6.07) is 7.88. The maximum Gasteiger partial charge on any atom is 0.258 e. The molecule has 1 aromatic carbocycles. The van der Waals surface area contributed by atoms with Gasteiger partial charge in [0.1, 0.15) is 5.75 Å². The molecule has 0 aliphatic rings. The van der Waals surface area contributed by atoms with Gasteiger partial charge < -0.3 is 15.8 Å². The average Bonchev–Trinajstić information content (AvgIpc) is 2.41. The van der Waals surface area contributed by atoms with Crippen molar-refractivity contribution >= 4 is 29.0 Å². The van der Waals surface area contributed by atoms with Crippen LogP contribution >= 0.6 is 11.6 Å². The molecule has 2 rings (SSSR count). The summed E-state index contributed by atoms with van der Waals surface area (Å²) in [4.78, 5) is 12.0. The smallest absolute Gasteiger partial charge is 0.258 e. The number of nitrogens with zero attached hydrogens (tertiary/aromatic N) is 2. The highest BCUT2D eigenvalue weighted by Crippen LogP contribution is 2.20. The number of hydrogen-bond donors (Lipinski definition) is 2. The van der Waals surface area contributed by atoms with Crippen molar-refractivity contribution in [3.05, 3.63) is 41.0 Å². The lowest BCUT2D eigenvalue weighted by Gasteiger charge is -2.08. The maximum absolute atomic E-state index is 12.0. The number of halogens is 1. The molecular formula is C12H11ClN4O2. The molecule has 0 fully saturated rings. The van der Waals surface area contributed by atoms with Crippen molar-refractivity contribution in [1.29, 1.82) is 0 Å². The summed E-state index contributed by atoms with van der Waals surface area (Å²) in [5.74, 6) is 0.502. The minimum atomic E-state index is -0.378. The van der Waals surface area contributed by atoms with Crippen LogP contribution in [0, 0.1) is 0 Å². The van der Waals surface area contributed by atoms with E-state index in [1.807, 2.05) is 0 Å². The van der Waals surface area contributed by atoms with Crippen molar-refractivity contribution in [2.45, 2.75) is 0 Å². The minimum Gasteiger partial charge on any atom is -0.497 e. The standard InChI is InChI=1S/C12H11ClN4O2/c1-19-7-2-3-8(9(14)6-7)12(18)15-11-5-4-10(13)16-17-11/h2-6H,14H2,1H3,(H,15,17,18). The van der Waals surface area contributed by atoms with E-state index in [-0.39, 0.29) is 11.1 Å². The molecule has 2 aromatic rings. The van der Waals surface area contributed by atoms with Crippen LogP contribution in [0.1, 0.15) is 10.4 Å². The van der Waals surface area contributed by atoms with Crippen LogP contribution in [0.15, 0.2) is 30.3 Å². The molecular weight excluding hydrogens is 268 g/mol. The number of amides is 1. The van der Waals surface area contributed by atoms with Gasteiger partial charge in [0.05, 0.1) is 12.7 Å². The monoisotopic (exact) mass is 278 g/mol. The fraction of sp³-hybridized carbons (Fsp3) is 0.0833. The summed E-state index contributed by atoms with van der Waals surface area (Å²) in [5.41, 5.74) is 6.43. The van der Waals surface area contributed by atoms with Crippen LogP contribution in [-0.4, -0.2) is 23.2 Å². The first kappa shape index (κ1) is 13.1. The molecule has 0 bridgehead atoms. The number of rotatable bonds is 3. The van der Waals surface area contributed by atoms with Crippen molar-refractivity contribution in [3.63, 3.8) is 0 Å². The highest BCUT2D eigenvalue weighted by molar-refractivity contribution is 6.29. The molecule has 7 heteroatoms. The summed E-state index contributed by atoms with van der Waals surface area (Å²) in [6.45, 7) is 0. The number of methoxy groups -OCH3 is 1. The molecule has 0 aliphatic heterocycles. The number of nitrogens with one attached hydrogen (secondary N) is 1. The van der Waals surface area contributed by atoms with Crippen molar-refractivity contribution in [2.24, 2.45) is 0 Å². The van der Waals surface area contributed by atoms with Gasteiger partial charge in [-0.1, -0.05) is 11.6 Å². The van der Waals surface area contributed by atoms with Crippen molar-refractivity contribution < 1.29 is 9.53 Å². The molecule has 0 spiro atoms. The van der Waals surface area contributed by atoms with Crippen LogP contribution in [0.25, 0.3) is 0 Å². The second-order valence-electron chi connectivity index (χ2n) is 3.65. The van der Waals surface area contributed by atoms with Crippen LogP contribution < -0.4 is 15.8 Å². The van der Waals surface area contributed by atoms with Gasteiger partial charge in [-0.15, -0.1) is 10.2 Å². The Bertz CT molecular complexity index is 601. The molecule has 0 unspecified atom stereocenters. The van der Waals surface area contributed by atoms with Crippen LogP contribution in [0.4, 0.5) is 11.5 Å². The van der Waals surface area contributed by atoms with E-state index in [1.165, 1.54) is 13.2 Å². The lowest BCUT2D eigenvalue weighted by atomic mass is 10.1. The van der Waals surface area contributed by atoms with E-state index in [9.17, 15) is 4.79 Å². The van der Waals surface area contributed by atoms with Crippen LogP contribution in [0.5, 0.6) is 5.75 Å². The molecule has 19 heavy (non-hydrogen) atoms. The van der Waals surface area contributed by atoms with Crippen molar-refractivity contribution in [1.82, 2.24) is 10.2 Å². The zero-order valence-corrected chi connectivity index (χ0v) is 10.8. The summed E-state index contributed by atoms with van der Waals surface area (Å²) < 4.78 is 5.01. The number of benzene rings is 1. The van der Waals surface area contributed by atoms with Crippen LogP contribution in [-0.2, 0) is 0 Å². The topological polar surface area (TPSA) is 90.1 Å². The van der Waals surface area contributed by atoms with Gasteiger partial charge in [-0.25, -0.2) is 0 Å². The highest BCUT2D eigenvalue weighted by Gasteiger charge is 2.11. The average molecular weight is 279 g/mol. The van der Waals surface area contributed by atoms with Gasteiger partial charge in [0.2, 0.25) is 0 Å². The van der Waals surface area contributed by atoms with E-state index < -0.39 is 0 Å². The number of anilines is 2. The maximum atomic E-state index is 12.0. The van der Waals surface area contributed by atoms with Gasteiger partial charge in [0, 0.05) is 11.8 Å². The Morgan fingerprint density at radius 1 is 1.32 bits per heavy atom. The molecule has 1 amide bonds. The Balaban J connectivity index is 2.18. The molecule has 0 radical (unpaired) electrons. The number of hydrogen-bond acceptors (Lipinski definition) is 5. The largest absolute Gasteiger partial charge is 0.497 e. The second-order valence-corrected chi connectivity index (χ2v) is 4.04. The van der Waals surface area contributed by atoms with Gasteiger partial charge in [0.25, 0.3) is 5.91 Å². The Morgan fingerprint density at radius 2 is 2.11 bits per heavy atom. The first-order chi connectivity index (χ1) is 9.10. The van der Waals surface area contributed by atoms with Gasteiger partial charge in [-0.3, -0.25) is 4.79 Å². The Labute approximate surface area is 114 Å². The van der Waals surface area contributed by atoms with Crippen molar-refractivity contribution in [2.75, 3.05) is 18.2 Å². The molecule has 0 aliphatic carbocycles. The molecule has 0 saturated heterocycles. The Kier molecular flexibility index (Phi) is 3.82. The molecule has 0 saturated carbocycles. The predicted octanol–water partition coefficient (Wildman–Crippen LogP) is 1.97. The van der Waals surface area contributed by atoms with Gasteiger partial charge in [-0.2, -0.15) is 0 Å². The third-order valence-corrected chi connectivity index (χ3v) is 2.58. The fourth-order valence-corrected chi connectivity index (χ4v) is 1.54. The lowest BCUT2D eigenvalue weighted by molar-refractivity contribution is 0.102. The molecule has 98 valence electrons. The number of carbonyl (C=O) groups is 1. The summed E-state index contributed by atoms with van der Waals surface area (Å²) >= 11 is 5.60. The summed E-state index contributed by atoms with van der Waals surface area (Å²) in [7, 11) is 1.53. The second kappa shape index (κ2) is 5.53. The molecule has 1 heterocycles. The zero-order valence-electron chi connectivity index (χ0n) is 10.1. The van der Waals surface area contributed by atoms with Crippen LogP contribution in [0.2, 0.25) is 5.15 Å². The highest BCUT2D eigenvalue weighted by atomic mass is 35.5. The van der Waals surface area contributed by atoms with Crippen molar-refractivity contribution in [3.8, 4) is 5.75 Å². The van der Waals surface area contributed by atoms with E-state index in [1.54, 1.807) is 24.3 Å². The molecule has 3 N–H and O–H groups in total. The first-order valence-electron chi connectivity index (χ1n) is 5.34. The first-order valence-corrected chi connectivity index (χ1v) is 5.72. The molecule has 0 atom stereocenters. The van der Waals surface area contributed by atoms with Gasteiger partial charge >= 0.3 is 0 Å².